The molecular formula is C21H22N6O2. The molecule has 0 aliphatic rings. The average molecular weight is 390 g/mol. The van der Waals surface area contributed by atoms with Gasteiger partial charge in [0.1, 0.15) is 11.9 Å². The van der Waals surface area contributed by atoms with Crippen molar-refractivity contribution in [3.8, 4) is 0 Å². The fourth-order valence-electron chi connectivity index (χ4n) is 3.50. The minimum atomic E-state index is -0.534. The summed E-state index contributed by atoms with van der Waals surface area (Å²) in [7, 11) is 0. The maximum atomic E-state index is 12.5. The van der Waals surface area contributed by atoms with E-state index in [1.54, 1.807) is 30.0 Å². The lowest BCUT2D eigenvalue weighted by molar-refractivity contribution is -0.124. The fraction of sp³-hybridized carbons (Fsp3) is 0.238. The molecule has 8 nitrogen and oxygen atoms in total. The van der Waals surface area contributed by atoms with Gasteiger partial charge in [-0.1, -0.05) is 12.1 Å². The van der Waals surface area contributed by atoms with Crippen molar-refractivity contribution >= 4 is 33.9 Å². The lowest BCUT2D eigenvalue weighted by Crippen LogP contribution is -2.44. The molecule has 148 valence electrons. The Morgan fingerprint density at radius 3 is 2.66 bits per heavy atom. The largest absolute Gasteiger partial charge is 0.329 e. The standard InChI is InChI=1S/C21H22N6O2/c1-4-26-14(3)23-17-11-15(9-10-19(17)26)21(29)25-24-20(28)13(2)27-12-22-16-7-5-6-8-18(16)27/h5-13H,4H2,1-3H3,(H,24,28)(H,25,29). The molecule has 0 bridgehead atoms. The summed E-state index contributed by atoms with van der Waals surface area (Å²) in [5.41, 5.74) is 8.81. The molecule has 0 spiro atoms. The number of aromatic nitrogens is 4. The number of carbonyl (C=O) groups excluding carboxylic acids is 2. The van der Waals surface area contributed by atoms with Crippen molar-refractivity contribution in [1.29, 1.82) is 0 Å². The number of para-hydroxylation sites is 2. The van der Waals surface area contributed by atoms with Gasteiger partial charge in [-0.05, 0) is 51.1 Å². The number of amides is 2. The Balaban J connectivity index is 1.46. The number of rotatable bonds is 4. The van der Waals surface area contributed by atoms with Crippen molar-refractivity contribution < 1.29 is 9.59 Å². The molecule has 2 aromatic carbocycles. The number of benzene rings is 2. The monoisotopic (exact) mass is 390 g/mol. The predicted molar refractivity (Wildman–Crippen MR) is 110 cm³/mol. The first-order valence-electron chi connectivity index (χ1n) is 9.48. The highest BCUT2D eigenvalue weighted by Crippen LogP contribution is 2.18. The number of fused-ring (bicyclic) bond motifs is 2. The first kappa shape index (κ1) is 18.7. The molecular weight excluding hydrogens is 368 g/mol. The van der Waals surface area contributed by atoms with Gasteiger partial charge in [0.05, 0.1) is 28.4 Å². The van der Waals surface area contributed by atoms with E-state index < -0.39 is 11.9 Å². The highest BCUT2D eigenvalue weighted by atomic mass is 16.2. The fourth-order valence-corrected chi connectivity index (χ4v) is 3.50. The second-order valence-electron chi connectivity index (χ2n) is 6.87. The van der Waals surface area contributed by atoms with Gasteiger partial charge in [-0.15, -0.1) is 0 Å². The Morgan fingerprint density at radius 2 is 1.86 bits per heavy atom. The van der Waals surface area contributed by atoms with Crippen LogP contribution >= 0.6 is 0 Å². The molecule has 8 heteroatoms. The van der Waals surface area contributed by atoms with Gasteiger partial charge in [-0.3, -0.25) is 20.4 Å². The quantitative estimate of drug-likeness (QED) is 0.524. The molecule has 1 unspecified atom stereocenters. The molecule has 1 atom stereocenters. The number of hydrogen-bond donors (Lipinski definition) is 2. The van der Waals surface area contributed by atoms with Crippen LogP contribution in [0.5, 0.6) is 0 Å². The Morgan fingerprint density at radius 1 is 1.07 bits per heavy atom. The molecule has 0 radical (unpaired) electrons. The van der Waals surface area contributed by atoms with Gasteiger partial charge in [0, 0.05) is 12.1 Å². The third kappa shape index (κ3) is 3.33. The van der Waals surface area contributed by atoms with Crippen LogP contribution in [0.3, 0.4) is 0 Å². The van der Waals surface area contributed by atoms with Crippen LogP contribution in [-0.4, -0.2) is 30.9 Å². The summed E-state index contributed by atoms with van der Waals surface area (Å²) < 4.78 is 3.85. The van der Waals surface area contributed by atoms with Gasteiger partial charge >= 0.3 is 0 Å². The van der Waals surface area contributed by atoms with Gasteiger partial charge in [-0.2, -0.15) is 0 Å². The second-order valence-corrected chi connectivity index (χ2v) is 6.87. The smallest absolute Gasteiger partial charge is 0.269 e. The summed E-state index contributed by atoms with van der Waals surface area (Å²) in [4.78, 5) is 33.8. The third-order valence-corrected chi connectivity index (χ3v) is 5.09. The first-order valence-corrected chi connectivity index (χ1v) is 9.48. The summed E-state index contributed by atoms with van der Waals surface area (Å²) >= 11 is 0. The Hall–Kier alpha value is -3.68. The zero-order chi connectivity index (χ0) is 20.5. The van der Waals surface area contributed by atoms with Gasteiger partial charge < -0.3 is 9.13 Å². The molecule has 2 heterocycles. The van der Waals surface area contributed by atoms with Crippen LogP contribution in [0.15, 0.2) is 48.8 Å². The number of imidazole rings is 2. The lowest BCUT2D eigenvalue weighted by Gasteiger charge is -2.15. The molecule has 0 aliphatic carbocycles. The number of carbonyl (C=O) groups is 2. The van der Waals surface area contributed by atoms with Crippen LogP contribution < -0.4 is 10.9 Å². The van der Waals surface area contributed by atoms with E-state index in [2.05, 4.69) is 32.3 Å². The van der Waals surface area contributed by atoms with E-state index in [0.29, 0.717) is 5.56 Å². The summed E-state index contributed by atoms with van der Waals surface area (Å²) in [6, 6.07) is 12.4. The van der Waals surface area contributed by atoms with Crippen LogP contribution in [0.1, 0.15) is 36.1 Å². The molecule has 4 aromatic rings. The molecule has 29 heavy (non-hydrogen) atoms. The Labute approximate surface area is 167 Å². The molecule has 2 N–H and O–H groups in total. The number of hydrazine groups is 1. The summed E-state index contributed by atoms with van der Waals surface area (Å²) in [6.45, 7) is 6.55. The van der Waals surface area contributed by atoms with E-state index >= 15 is 0 Å². The number of nitrogens with zero attached hydrogens (tertiary/aromatic N) is 4. The Kier molecular flexibility index (Phi) is 4.75. The third-order valence-electron chi connectivity index (χ3n) is 5.09. The highest BCUT2D eigenvalue weighted by molar-refractivity contribution is 5.98. The van der Waals surface area contributed by atoms with Crippen molar-refractivity contribution in [1.82, 2.24) is 30.0 Å². The number of aryl methyl sites for hydroxylation is 2. The molecule has 0 saturated carbocycles. The first-order chi connectivity index (χ1) is 14.0. The van der Waals surface area contributed by atoms with Crippen LogP contribution in [0.4, 0.5) is 0 Å². The van der Waals surface area contributed by atoms with E-state index in [-0.39, 0.29) is 5.91 Å². The van der Waals surface area contributed by atoms with E-state index in [1.165, 1.54) is 0 Å². The minimum Gasteiger partial charge on any atom is -0.329 e. The number of hydrogen-bond acceptors (Lipinski definition) is 4. The lowest BCUT2D eigenvalue weighted by atomic mass is 10.2. The van der Waals surface area contributed by atoms with Crippen molar-refractivity contribution in [3.63, 3.8) is 0 Å². The SMILES string of the molecule is CCn1c(C)nc2cc(C(=O)NNC(=O)C(C)n3cnc4ccccc43)ccc21. The van der Waals surface area contributed by atoms with Crippen LogP contribution in [0.2, 0.25) is 0 Å². The second kappa shape index (κ2) is 7.38. The summed E-state index contributed by atoms with van der Waals surface area (Å²) in [5, 5.41) is 0. The maximum Gasteiger partial charge on any atom is 0.269 e. The Bertz CT molecular complexity index is 1220. The zero-order valence-corrected chi connectivity index (χ0v) is 16.5. The topological polar surface area (TPSA) is 93.8 Å². The van der Waals surface area contributed by atoms with Crippen LogP contribution in [-0.2, 0) is 11.3 Å². The van der Waals surface area contributed by atoms with Crippen LogP contribution in [0.25, 0.3) is 22.1 Å². The highest BCUT2D eigenvalue weighted by Gasteiger charge is 2.18. The molecule has 0 saturated heterocycles. The van der Waals surface area contributed by atoms with E-state index in [4.69, 9.17) is 0 Å². The van der Waals surface area contributed by atoms with E-state index in [0.717, 1.165) is 34.4 Å². The van der Waals surface area contributed by atoms with Crippen molar-refractivity contribution in [2.75, 3.05) is 0 Å². The van der Waals surface area contributed by atoms with Crippen molar-refractivity contribution in [2.24, 2.45) is 0 Å². The van der Waals surface area contributed by atoms with Crippen molar-refractivity contribution in [2.45, 2.75) is 33.4 Å². The van der Waals surface area contributed by atoms with Gasteiger partial charge in [0.25, 0.3) is 11.8 Å². The molecule has 2 aromatic heterocycles. The average Bonchev–Trinajstić information content (AvgIpc) is 3.30. The van der Waals surface area contributed by atoms with E-state index in [1.807, 2.05) is 37.3 Å². The molecule has 0 fully saturated rings. The normalized spacial score (nSPS) is 12.2. The van der Waals surface area contributed by atoms with Gasteiger partial charge in [0.2, 0.25) is 0 Å². The maximum absolute atomic E-state index is 12.5. The zero-order valence-electron chi connectivity index (χ0n) is 16.5. The van der Waals surface area contributed by atoms with E-state index in [9.17, 15) is 9.59 Å². The summed E-state index contributed by atoms with van der Waals surface area (Å²) in [6.07, 6.45) is 1.62. The number of nitrogens with one attached hydrogen (secondary N) is 2. The predicted octanol–water partition coefficient (Wildman–Crippen LogP) is 2.74. The van der Waals surface area contributed by atoms with Crippen molar-refractivity contribution in [3.05, 3.63) is 60.2 Å². The minimum absolute atomic E-state index is 0.339. The molecule has 0 aliphatic heterocycles. The molecule has 4 rings (SSSR count). The van der Waals surface area contributed by atoms with Gasteiger partial charge in [-0.25, -0.2) is 9.97 Å². The van der Waals surface area contributed by atoms with Gasteiger partial charge in [0.15, 0.2) is 0 Å². The molecule has 2 amide bonds. The summed E-state index contributed by atoms with van der Waals surface area (Å²) in [5.74, 6) is 0.162. The van der Waals surface area contributed by atoms with Crippen LogP contribution in [0, 0.1) is 6.92 Å².